The predicted molar refractivity (Wildman–Crippen MR) is 169 cm³/mol. The van der Waals surface area contributed by atoms with Crippen molar-refractivity contribution in [3.8, 4) is 0 Å². The lowest BCUT2D eigenvalue weighted by atomic mass is 9.80. The number of rotatable bonds is 11. The van der Waals surface area contributed by atoms with Crippen LogP contribution in [0.1, 0.15) is 74.1 Å². The van der Waals surface area contributed by atoms with Crippen LogP contribution < -0.4 is 5.32 Å². The van der Waals surface area contributed by atoms with Crippen LogP contribution in [0.25, 0.3) is 10.8 Å². The summed E-state index contributed by atoms with van der Waals surface area (Å²) in [5.41, 5.74) is -0.942. The summed E-state index contributed by atoms with van der Waals surface area (Å²) in [6.07, 6.45) is 0.389. The standard InChI is InChI=1S/C33H51NO7Si/c1-23(35)38-21-24(22-39-42(8,9)31(2,3)4)17-18-28(36)33(7)20-19-29(32(5,6)41-33)40-30(37)34-27-16-12-14-25-13-10-11-15-26(25)27/h10-16,24,28-29,36H,17-22H2,1-9H3,(H,34,37)/t24-,28?,29+,33+/m1/s1. The molecule has 1 fully saturated rings. The Morgan fingerprint density at radius 1 is 1.07 bits per heavy atom. The van der Waals surface area contributed by atoms with Gasteiger partial charge in [0.1, 0.15) is 11.7 Å². The molecule has 1 heterocycles. The Morgan fingerprint density at radius 3 is 2.38 bits per heavy atom. The lowest BCUT2D eigenvalue weighted by Gasteiger charge is -2.49. The van der Waals surface area contributed by atoms with Crippen molar-refractivity contribution in [2.45, 2.75) is 116 Å². The van der Waals surface area contributed by atoms with Gasteiger partial charge in [-0.2, -0.15) is 0 Å². The highest BCUT2D eigenvalue weighted by atomic mass is 28.4. The highest BCUT2D eigenvalue weighted by molar-refractivity contribution is 6.74. The Morgan fingerprint density at radius 2 is 1.74 bits per heavy atom. The second-order valence-corrected chi connectivity index (χ2v) is 18.7. The highest BCUT2D eigenvalue weighted by Crippen LogP contribution is 2.41. The average molecular weight is 602 g/mol. The Balaban J connectivity index is 1.59. The van der Waals surface area contributed by atoms with Crippen molar-refractivity contribution in [2.75, 3.05) is 18.5 Å². The largest absolute Gasteiger partial charge is 0.465 e. The summed E-state index contributed by atoms with van der Waals surface area (Å²) in [5, 5.41) is 16.3. The highest BCUT2D eigenvalue weighted by Gasteiger charge is 2.49. The van der Waals surface area contributed by atoms with E-state index in [0.29, 0.717) is 38.0 Å². The van der Waals surface area contributed by atoms with Gasteiger partial charge in [0.15, 0.2) is 8.32 Å². The minimum Gasteiger partial charge on any atom is -0.465 e. The van der Waals surface area contributed by atoms with Crippen LogP contribution in [0.5, 0.6) is 0 Å². The molecule has 1 aliphatic rings. The zero-order valence-electron chi connectivity index (χ0n) is 26.9. The first kappa shape index (κ1) is 34.0. The van der Waals surface area contributed by atoms with Crippen LogP contribution in [0, 0.1) is 5.92 Å². The van der Waals surface area contributed by atoms with Gasteiger partial charge >= 0.3 is 12.1 Å². The van der Waals surface area contributed by atoms with Gasteiger partial charge in [-0.1, -0.05) is 57.2 Å². The third-order valence-electron chi connectivity index (χ3n) is 9.01. The van der Waals surface area contributed by atoms with Gasteiger partial charge in [0.05, 0.1) is 24.0 Å². The third-order valence-corrected chi connectivity index (χ3v) is 13.5. The molecule has 8 nitrogen and oxygen atoms in total. The van der Waals surface area contributed by atoms with Crippen LogP contribution in [-0.2, 0) is 23.4 Å². The molecule has 42 heavy (non-hydrogen) atoms. The predicted octanol–water partition coefficient (Wildman–Crippen LogP) is 7.45. The van der Waals surface area contributed by atoms with Crippen molar-refractivity contribution < 1.29 is 33.3 Å². The van der Waals surface area contributed by atoms with Gasteiger partial charge in [-0.25, -0.2) is 4.79 Å². The van der Waals surface area contributed by atoms with Crippen LogP contribution in [0.4, 0.5) is 10.5 Å². The van der Waals surface area contributed by atoms with Crippen molar-refractivity contribution >= 4 is 36.8 Å². The fourth-order valence-electron chi connectivity index (χ4n) is 5.21. The molecule has 1 aliphatic heterocycles. The molecule has 0 aliphatic carbocycles. The normalized spacial score (nSPS) is 22.3. The van der Waals surface area contributed by atoms with E-state index in [1.165, 1.54) is 6.92 Å². The first-order valence-corrected chi connectivity index (χ1v) is 18.0. The van der Waals surface area contributed by atoms with Gasteiger partial charge in [-0.3, -0.25) is 10.1 Å². The van der Waals surface area contributed by atoms with Gasteiger partial charge in [0, 0.05) is 24.8 Å². The Bertz CT molecular complexity index is 1220. The average Bonchev–Trinajstić information content (AvgIpc) is 2.89. The topological polar surface area (TPSA) is 103 Å². The van der Waals surface area contributed by atoms with Crippen LogP contribution in [0.3, 0.4) is 0 Å². The Labute approximate surface area is 252 Å². The molecule has 0 saturated carbocycles. The summed E-state index contributed by atoms with van der Waals surface area (Å²) in [5.74, 6) is -0.362. The molecule has 1 amide bonds. The number of fused-ring (bicyclic) bond motifs is 1. The van der Waals surface area contributed by atoms with E-state index in [-0.39, 0.29) is 23.5 Å². The van der Waals surface area contributed by atoms with E-state index in [0.717, 1.165) is 10.8 Å². The molecule has 1 unspecified atom stereocenters. The molecule has 234 valence electrons. The van der Waals surface area contributed by atoms with Crippen molar-refractivity contribution in [1.82, 2.24) is 0 Å². The van der Waals surface area contributed by atoms with Crippen LogP contribution in [0.2, 0.25) is 18.1 Å². The second kappa shape index (κ2) is 13.5. The number of nitrogens with one attached hydrogen (secondary N) is 1. The minimum atomic E-state index is -1.98. The zero-order chi connectivity index (χ0) is 31.3. The van der Waals surface area contributed by atoms with E-state index >= 15 is 0 Å². The number of esters is 1. The second-order valence-electron chi connectivity index (χ2n) is 13.9. The number of aliphatic hydroxyl groups is 1. The first-order chi connectivity index (χ1) is 19.4. The lowest BCUT2D eigenvalue weighted by Crippen LogP contribution is -2.58. The minimum absolute atomic E-state index is 0.0354. The van der Waals surface area contributed by atoms with E-state index in [4.69, 9.17) is 18.6 Å². The van der Waals surface area contributed by atoms with Crippen LogP contribution >= 0.6 is 0 Å². The van der Waals surface area contributed by atoms with Crippen LogP contribution in [0.15, 0.2) is 42.5 Å². The Hall–Kier alpha value is -2.46. The molecule has 0 radical (unpaired) electrons. The molecule has 2 aromatic rings. The number of aliphatic hydroxyl groups excluding tert-OH is 1. The molecule has 9 heteroatoms. The number of hydrogen-bond donors (Lipinski definition) is 2. The molecule has 4 atom stereocenters. The van der Waals surface area contributed by atoms with Crippen LogP contribution in [-0.4, -0.2) is 62.1 Å². The van der Waals surface area contributed by atoms with Gasteiger partial charge in [0.2, 0.25) is 0 Å². The van der Waals surface area contributed by atoms with E-state index in [9.17, 15) is 14.7 Å². The van der Waals surface area contributed by atoms with Crippen molar-refractivity contribution in [2.24, 2.45) is 5.92 Å². The summed E-state index contributed by atoms with van der Waals surface area (Å²) in [7, 11) is -1.98. The number of anilines is 1. The number of carbonyl (C=O) groups excluding carboxylic acids is 2. The van der Waals surface area contributed by atoms with Gasteiger partial charge < -0.3 is 23.7 Å². The molecule has 0 spiro atoms. The summed E-state index contributed by atoms with van der Waals surface area (Å²) in [4.78, 5) is 24.4. The molecule has 2 aromatic carbocycles. The molecule has 0 bridgehead atoms. The smallest absolute Gasteiger partial charge is 0.412 e. The fraction of sp³-hybridized carbons (Fsp3) is 0.636. The molecular formula is C33H51NO7Si. The monoisotopic (exact) mass is 601 g/mol. The fourth-order valence-corrected chi connectivity index (χ4v) is 6.30. The third kappa shape index (κ3) is 8.78. The zero-order valence-corrected chi connectivity index (χ0v) is 27.9. The Kier molecular flexibility index (Phi) is 10.9. The van der Waals surface area contributed by atoms with Gasteiger partial charge in [0.25, 0.3) is 0 Å². The first-order valence-electron chi connectivity index (χ1n) is 15.0. The molecular weight excluding hydrogens is 550 g/mol. The van der Waals surface area contributed by atoms with Gasteiger partial charge in [-0.05, 0) is 76.0 Å². The van der Waals surface area contributed by atoms with E-state index in [1.807, 2.05) is 63.2 Å². The summed E-state index contributed by atoms with van der Waals surface area (Å²) in [6.45, 7) is 18.8. The number of hydrogen-bond acceptors (Lipinski definition) is 7. The number of benzene rings is 2. The van der Waals surface area contributed by atoms with Crippen molar-refractivity contribution in [1.29, 1.82) is 0 Å². The number of ether oxygens (including phenoxy) is 3. The molecule has 1 saturated heterocycles. The maximum Gasteiger partial charge on any atom is 0.412 e. The SMILES string of the molecule is CC(=O)OC[C@@H](CCC(O)[C@]1(C)CC[C@H](OC(=O)Nc2cccc3ccccc23)C(C)(C)O1)CO[Si](C)(C)C(C)(C)C. The summed E-state index contributed by atoms with van der Waals surface area (Å²) >= 11 is 0. The van der Waals surface area contributed by atoms with E-state index in [1.54, 1.807) is 0 Å². The number of amides is 1. The maximum absolute atomic E-state index is 12.9. The maximum atomic E-state index is 12.9. The molecule has 3 rings (SSSR count). The molecule has 0 aromatic heterocycles. The van der Waals surface area contributed by atoms with Gasteiger partial charge in [-0.15, -0.1) is 0 Å². The molecule has 2 N–H and O–H groups in total. The number of carbonyl (C=O) groups is 2. The van der Waals surface area contributed by atoms with Crippen molar-refractivity contribution in [3.63, 3.8) is 0 Å². The summed E-state index contributed by atoms with van der Waals surface area (Å²) in [6, 6.07) is 13.6. The van der Waals surface area contributed by atoms with E-state index in [2.05, 4.69) is 39.2 Å². The lowest BCUT2D eigenvalue weighted by molar-refractivity contribution is -0.244. The summed E-state index contributed by atoms with van der Waals surface area (Å²) < 4.78 is 24.1. The van der Waals surface area contributed by atoms with E-state index < -0.39 is 37.8 Å². The quantitative estimate of drug-likeness (QED) is 0.204. The van der Waals surface area contributed by atoms with Crippen molar-refractivity contribution in [3.05, 3.63) is 42.5 Å².